The van der Waals surface area contributed by atoms with Gasteiger partial charge in [-0.15, -0.1) is 0 Å². The minimum Gasteiger partial charge on any atom is -0.338 e. The molecule has 0 saturated carbocycles. The van der Waals surface area contributed by atoms with Crippen LogP contribution in [0.4, 0.5) is 0 Å². The lowest BCUT2D eigenvalue weighted by Crippen LogP contribution is -2.51. The molecule has 13 heavy (non-hydrogen) atoms. The summed E-state index contributed by atoms with van der Waals surface area (Å²) in [6.07, 6.45) is 1.27. The van der Waals surface area contributed by atoms with E-state index in [1.165, 1.54) is 6.42 Å². The van der Waals surface area contributed by atoms with E-state index in [4.69, 9.17) is 4.52 Å². The summed E-state index contributed by atoms with van der Waals surface area (Å²) in [5.41, 5.74) is 0. The minimum atomic E-state index is 0.655. The average Bonchev–Trinajstić information content (AvgIpc) is 2.48. The number of aryl methyl sites for hydroxylation is 1. The predicted molar refractivity (Wildman–Crippen MR) is 48.1 cm³/mol. The van der Waals surface area contributed by atoms with Crippen molar-refractivity contribution in [3.63, 3.8) is 0 Å². The fourth-order valence-corrected chi connectivity index (χ4v) is 1.93. The summed E-state index contributed by atoms with van der Waals surface area (Å²) in [4.78, 5) is 6.55. The van der Waals surface area contributed by atoms with Crippen LogP contribution in [0.1, 0.15) is 32.0 Å². The Morgan fingerprint density at radius 1 is 1.46 bits per heavy atom. The van der Waals surface area contributed by atoms with Crippen molar-refractivity contribution in [3.8, 4) is 0 Å². The maximum Gasteiger partial charge on any atom is 0.240 e. The molecule has 0 radical (unpaired) electrons. The maximum absolute atomic E-state index is 5.06. The van der Waals surface area contributed by atoms with Crippen molar-refractivity contribution in [3.05, 3.63) is 11.7 Å². The van der Waals surface area contributed by atoms with Gasteiger partial charge >= 0.3 is 0 Å². The van der Waals surface area contributed by atoms with Gasteiger partial charge in [0.05, 0.1) is 6.54 Å². The summed E-state index contributed by atoms with van der Waals surface area (Å²) >= 11 is 0. The van der Waals surface area contributed by atoms with E-state index in [1.54, 1.807) is 0 Å². The van der Waals surface area contributed by atoms with Crippen molar-refractivity contribution in [2.24, 2.45) is 0 Å². The van der Waals surface area contributed by atoms with Gasteiger partial charge in [0.1, 0.15) is 0 Å². The Balaban J connectivity index is 1.98. The molecule has 4 heteroatoms. The Bertz CT molecular complexity index is 289. The zero-order valence-corrected chi connectivity index (χ0v) is 8.32. The Morgan fingerprint density at radius 2 is 2.15 bits per heavy atom. The largest absolute Gasteiger partial charge is 0.338 e. The van der Waals surface area contributed by atoms with Crippen LogP contribution in [0.3, 0.4) is 0 Å². The van der Waals surface area contributed by atoms with Gasteiger partial charge in [0, 0.05) is 12.1 Å². The van der Waals surface area contributed by atoms with Crippen molar-refractivity contribution in [1.82, 2.24) is 15.0 Å². The van der Waals surface area contributed by atoms with Crippen molar-refractivity contribution >= 4 is 0 Å². The second kappa shape index (κ2) is 3.10. The third-order valence-corrected chi connectivity index (χ3v) is 2.70. The van der Waals surface area contributed by atoms with Crippen LogP contribution in [0, 0.1) is 6.92 Å². The van der Waals surface area contributed by atoms with E-state index in [0.717, 1.165) is 18.3 Å². The van der Waals surface area contributed by atoms with Crippen LogP contribution < -0.4 is 0 Å². The highest BCUT2D eigenvalue weighted by molar-refractivity contribution is 4.91. The Morgan fingerprint density at radius 3 is 2.62 bits per heavy atom. The molecule has 0 spiro atoms. The lowest BCUT2D eigenvalue weighted by Gasteiger charge is -2.44. The van der Waals surface area contributed by atoms with Gasteiger partial charge in [0.2, 0.25) is 5.89 Å². The van der Waals surface area contributed by atoms with Crippen LogP contribution in [0.2, 0.25) is 0 Å². The van der Waals surface area contributed by atoms with E-state index in [2.05, 4.69) is 28.9 Å². The molecule has 1 aromatic rings. The van der Waals surface area contributed by atoms with Crippen molar-refractivity contribution in [2.75, 3.05) is 0 Å². The molecule has 1 saturated heterocycles. The van der Waals surface area contributed by atoms with Crippen LogP contribution in [-0.2, 0) is 6.54 Å². The molecule has 0 bridgehead atoms. The molecule has 1 aromatic heterocycles. The lowest BCUT2D eigenvalue weighted by atomic mass is 9.96. The standard InChI is InChI=1S/C9H15N3O/c1-6-4-7(2)12(6)5-9-10-8(3)11-13-9/h6-7H,4-5H2,1-3H3. The fraction of sp³-hybridized carbons (Fsp3) is 0.778. The van der Waals surface area contributed by atoms with Gasteiger partial charge in [-0.1, -0.05) is 5.16 Å². The van der Waals surface area contributed by atoms with Crippen molar-refractivity contribution in [1.29, 1.82) is 0 Å². The highest BCUT2D eigenvalue weighted by atomic mass is 16.5. The lowest BCUT2D eigenvalue weighted by molar-refractivity contribution is 0.0199. The topological polar surface area (TPSA) is 42.2 Å². The minimum absolute atomic E-state index is 0.655. The van der Waals surface area contributed by atoms with Gasteiger partial charge < -0.3 is 4.52 Å². The Labute approximate surface area is 77.9 Å². The quantitative estimate of drug-likeness (QED) is 0.691. The molecule has 72 valence electrons. The Hall–Kier alpha value is -0.900. The van der Waals surface area contributed by atoms with Crippen molar-refractivity contribution in [2.45, 2.75) is 45.8 Å². The van der Waals surface area contributed by atoms with Crippen LogP contribution in [0.5, 0.6) is 0 Å². The molecule has 0 aliphatic carbocycles. The normalized spacial score (nSPS) is 28.8. The van der Waals surface area contributed by atoms with Gasteiger partial charge in [-0.3, -0.25) is 4.90 Å². The zero-order valence-electron chi connectivity index (χ0n) is 8.32. The van der Waals surface area contributed by atoms with Crippen LogP contribution in [-0.4, -0.2) is 27.1 Å². The van der Waals surface area contributed by atoms with E-state index in [-0.39, 0.29) is 0 Å². The molecule has 0 aromatic carbocycles. The monoisotopic (exact) mass is 181 g/mol. The summed E-state index contributed by atoms with van der Waals surface area (Å²) in [5.74, 6) is 1.45. The first-order valence-corrected chi connectivity index (χ1v) is 4.71. The molecule has 1 fully saturated rings. The first-order chi connectivity index (χ1) is 6.16. The first kappa shape index (κ1) is 8.69. The molecule has 1 aliphatic rings. The number of aromatic nitrogens is 2. The SMILES string of the molecule is Cc1noc(CN2C(C)CC2C)n1. The maximum atomic E-state index is 5.06. The molecule has 4 nitrogen and oxygen atoms in total. The smallest absolute Gasteiger partial charge is 0.240 e. The number of rotatable bonds is 2. The van der Waals surface area contributed by atoms with Crippen LogP contribution in [0.25, 0.3) is 0 Å². The van der Waals surface area contributed by atoms with Gasteiger partial charge in [0.25, 0.3) is 0 Å². The summed E-state index contributed by atoms with van der Waals surface area (Å²) in [6.45, 7) is 7.09. The number of nitrogens with zero attached hydrogens (tertiary/aromatic N) is 3. The third-order valence-electron chi connectivity index (χ3n) is 2.70. The molecule has 2 atom stereocenters. The van der Waals surface area contributed by atoms with Gasteiger partial charge in [-0.2, -0.15) is 4.98 Å². The van der Waals surface area contributed by atoms with E-state index in [0.29, 0.717) is 12.1 Å². The molecule has 2 rings (SSSR count). The number of hydrogen-bond acceptors (Lipinski definition) is 4. The summed E-state index contributed by atoms with van der Waals surface area (Å²) < 4.78 is 5.06. The molecule has 0 N–H and O–H groups in total. The number of hydrogen-bond donors (Lipinski definition) is 0. The molecular weight excluding hydrogens is 166 g/mol. The van der Waals surface area contributed by atoms with Gasteiger partial charge in [-0.25, -0.2) is 0 Å². The highest BCUT2D eigenvalue weighted by Gasteiger charge is 2.32. The second-order valence-corrected chi connectivity index (χ2v) is 3.84. The van der Waals surface area contributed by atoms with Crippen molar-refractivity contribution < 1.29 is 4.52 Å². The van der Waals surface area contributed by atoms with Gasteiger partial charge in [-0.05, 0) is 27.2 Å². The molecular formula is C9H15N3O. The average molecular weight is 181 g/mol. The molecule has 2 unspecified atom stereocenters. The van der Waals surface area contributed by atoms with E-state index in [9.17, 15) is 0 Å². The molecule has 2 heterocycles. The first-order valence-electron chi connectivity index (χ1n) is 4.71. The van der Waals surface area contributed by atoms with E-state index < -0.39 is 0 Å². The highest BCUT2D eigenvalue weighted by Crippen LogP contribution is 2.26. The molecule has 1 aliphatic heterocycles. The van der Waals surface area contributed by atoms with Gasteiger partial charge in [0.15, 0.2) is 5.82 Å². The summed E-state index contributed by atoms with van der Waals surface area (Å²) in [7, 11) is 0. The fourth-order valence-electron chi connectivity index (χ4n) is 1.93. The third kappa shape index (κ3) is 1.58. The summed E-state index contributed by atoms with van der Waals surface area (Å²) in [6, 6.07) is 1.31. The predicted octanol–water partition coefficient (Wildman–Crippen LogP) is 1.36. The van der Waals surface area contributed by atoms with Crippen LogP contribution >= 0.6 is 0 Å². The van der Waals surface area contributed by atoms with E-state index in [1.807, 2.05) is 6.92 Å². The zero-order chi connectivity index (χ0) is 9.42. The van der Waals surface area contributed by atoms with Crippen LogP contribution in [0.15, 0.2) is 4.52 Å². The summed E-state index contributed by atoms with van der Waals surface area (Å²) in [5, 5.41) is 3.77. The number of likely N-dealkylation sites (tertiary alicyclic amines) is 1. The molecule has 0 amide bonds. The Kier molecular flexibility index (Phi) is 2.07. The second-order valence-electron chi connectivity index (χ2n) is 3.84. The van der Waals surface area contributed by atoms with E-state index >= 15 is 0 Å².